The molecule has 0 fully saturated rings. The quantitative estimate of drug-likeness (QED) is 0.549. The maximum absolute atomic E-state index is 12.4. The van der Waals surface area contributed by atoms with Crippen LogP contribution < -0.4 is 5.32 Å². The first kappa shape index (κ1) is 18.8. The third kappa shape index (κ3) is 3.88. The van der Waals surface area contributed by atoms with Gasteiger partial charge in [-0.25, -0.2) is 4.98 Å². The summed E-state index contributed by atoms with van der Waals surface area (Å²) >= 11 is 1.52. The summed E-state index contributed by atoms with van der Waals surface area (Å²) in [6.07, 6.45) is 0. The lowest BCUT2D eigenvalue weighted by Gasteiger charge is -2.10. The van der Waals surface area contributed by atoms with Crippen molar-refractivity contribution in [3.05, 3.63) is 59.5 Å². The lowest BCUT2D eigenvalue weighted by molar-refractivity contribution is -0.127. The Balaban J connectivity index is 1.62. The van der Waals surface area contributed by atoms with E-state index < -0.39 is 0 Å². The minimum Gasteiger partial charge on any atom is -0.356 e. The topological polar surface area (TPSA) is 88.3 Å². The van der Waals surface area contributed by atoms with Crippen LogP contribution >= 0.6 is 11.3 Å². The smallest absolute Gasteiger partial charge is 0.251 e. The van der Waals surface area contributed by atoms with Gasteiger partial charge in [0, 0.05) is 30.6 Å². The van der Waals surface area contributed by atoms with Crippen LogP contribution in [0.15, 0.2) is 58.4 Å². The van der Waals surface area contributed by atoms with E-state index in [-0.39, 0.29) is 18.4 Å². The van der Waals surface area contributed by atoms with Crippen molar-refractivity contribution in [3.8, 4) is 22.0 Å². The molecule has 0 saturated carbocycles. The Hall–Kier alpha value is -3.52. The number of likely N-dealkylation sites (N-methyl/N-ethyl adjacent to an activating group) is 1. The zero-order valence-corrected chi connectivity index (χ0v) is 16.7. The number of benzene rings is 2. The van der Waals surface area contributed by atoms with E-state index in [0.717, 1.165) is 10.6 Å². The maximum Gasteiger partial charge on any atom is 0.251 e. The fourth-order valence-corrected chi connectivity index (χ4v) is 3.59. The number of nitrogens with one attached hydrogen (secondary N) is 1. The summed E-state index contributed by atoms with van der Waals surface area (Å²) in [5.41, 5.74) is 3.29. The molecule has 0 aliphatic carbocycles. The average Bonchev–Trinajstić information content (AvgIpc) is 3.38. The molecule has 0 aliphatic rings. The number of amides is 2. The van der Waals surface area contributed by atoms with Crippen molar-refractivity contribution in [1.82, 2.24) is 20.4 Å². The van der Waals surface area contributed by atoms with E-state index in [1.807, 2.05) is 35.7 Å². The van der Waals surface area contributed by atoms with Crippen LogP contribution in [0.5, 0.6) is 0 Å². The number of hydrogen-bond acceptors (Lipinski definition) is 6. The third-order valence-corrected chi connectivity index (χ3v) is 5.29. The Morgan fingerprint density at radius 1 is 1.14 bits per heavy atom. The first-order chi connectivity index (χ1) is 14.0. The molecule has 0 radical (unpaired) electrons. The maximum atomic E-state index is 12.4. The second-order valence-corrected chi connectivity index (χ2v) is 7.47. The molecule has 2 heterocycles. The highest BCUT2D eigenvalue weighted by molar-refractivity contribution is 7.13. The van der Waals surface area contributed by atoms with Gasteiger partial charge in [0.1, 0.15) is 16.4 Å². The Morgan fingerprint density at radius 3 is 2.69 bits per heavy atom. The van der Waals surface area contributed by atoms with Crippen LogP contribution in [-0.2, 0) is 4.79 Å². The molecular weight excluding hydrogens is 388 g/mol. The van der Waals surface area contributed by atoms with E-state index in [1.54, 1.807) is 32.3 Å². The van der Waals surface area contributed by atoms with Gasteiger partial charge in [0.25, 0.3) is 5.91 Å². The largest absolute Gasteiger partial charge is 0.356 e. The summed E-state index contributed by atoms with van der Waals surface area (Å²) in [7, 11) is 3.28. The van der Waals surface area contributed by atoms with Crippen LogP contribution in [-0.4, -0.2) is 47.5 Å². The van der Waals surface area contributed by atoms with Crippen LogP contribution in [0.3, 0.4) is 0 Å². The summed E-state index contributed by atoms with van der Waals surface area (Å²) in [6, 6.07) is 14.9. The van der Waals surface area contributed by atoms with Gasteiger partial charge in [-0.15, -0.1) is 11.3 Å². The molecule has 0 atom stereocenters. The van der Waals surface area contributed by atoms with Crippen LogP contribution in [0, 0.1) is 0 Å². The molecule has 2 aromatic heterocycles. The standard InChI is InChI=1S/C21H18N4O3S/c1-25(2)18(26)11-22-20(27)14-8-9-17-15(10-14)19(24-28-17)16-12-29-21(23-16)13-6-4-3-5-7-13/h3-10,12H,11H2,1-2H3,(H,22,27). The Bertz CT molecular complexity index is 1180. The van der Waals surface area contributed by atoms with E-state index in [1.165, 1.54) is 16.2 Å². The molecule has 0 saturated heterocycles. The zero-order valence-electron chi connectivity index (χ0n) is 15.9. The zero-order chi connectivity index (χ0) is 20.4. The van der Waals surface area contributed by atoms with Gasteiger partial charge in [0.05, 0.1) is 11.9 Å². The van der Waals surface area contributed by atoms with Crippen molar-refractivity contribution in [2.45, 2.75) is 0 Å². The molecule has 0 bridgehead atoms. The molecule has 0 unspecified atom stereocenters. The van der Waals surface area contributed by atoms with Crippen LogP contribution in [0.1, 0.15) is 10.4 Å². The summed E-state index contributed by atoms with van der Waals surface area (Å²) < 4.78 is 5.40. The molecule has 146 valence electrons. The Kier molecular flexibility index (Phi) is 5.09. The fraction of sp³-hybridized carbons (Fsp3) is 0.143. The summed E-state index contributed by atoms with van der Waals surface area (Å²) in [5.74, 6) is -0.515. The molecule has 4 rings (SSSR count). The summed E-state index contributed by atoms with van der Waals surface area (Å²) in [4.78, 5) is 30.2. The molecule has 1 N–H and O–H groups in total. The second kappa shape index (κ2) is 7.84. The van der Waals surface area contributed by atoms with Crippen molar-refractivity contribution in [3.63, 3.8) is 0 Å². The van der Waals surface area contributed by atoms with Crippen LogP contribution in [0.4, 0.5) is 0 Å². The van der Waals surface area contributed by atoms with Gasteiger partial charge in [-0.2, -0.15) is 0 Å². The predicted molar refractivity (Wildman–Crippen MR) is 112 cm³/mol. The normalized spacial score (nSPS) is 10.8. The van der Waals surface area contributed by atoms with Gasteiger partial charge in [0.15, 0.2) is 5.58 Å². The molecule has 7 nitrogen and oxygen atoms in total. The number of carbonyl (C=O) groups is 2. The van der Waals surface area contributed by atoms with Crippen molar-refractivity contribution in [2.24, 2.45) is 0 Å². The molecular formula is C21H18N4O3S. The molecule has 29 heavy (non-hydrogen) atoms. The second-order valence-electron chi connectivity index (χ2n) is 6.62. The molecule has 0 aliphatic heterocycles. The van der Waals surface area contributed by atoms with Crippen molar-refractivity contribution in [2.75, 3.05) is 20.6 Å². The van der Waals surface area contributed by atoms with Gasteiger partial charge in [0.2, 0.25) is 5.91 Å². The number of thiazole rings is 1. The third-order valence-electron chi connectivity index (χ3n) is 4.40. The van der Waals surface area contributed by atoms with Gasteiger partial charge >= 0.3 is 0 Å². The van der Waals surface area contributed by atoms with Gasteiger partial charge in [-0.1, -0.05) is 35.5 Å². The van der Waals surface area contributed by atoms with E-state index in [0.29, 0.717) is 27.9 Å². The molecule has 4 aromatic rings. The molecule has 2 aromatic carbocycles. The molecule has 2 amide bonds. The Morgan fingerprint density at radius 2 is 1.93 bits per heavy atom. The number of nitrogens with zero attached hydrogens (tertiary/aromatic N) is 3. The predicted octanol–water partition coefficient (Wildman–Crippen LogP) is 3.44. The van der Waals surface area contributed by atoms with Crippen LogP contribution in [0.25, 0.3) is 32.9 Å². The van der Waals surface area contributed by atoms with Crippen molar-refractivity contribution in [1.29, 1.82) is 0 Å². The minimum atomic E-state index is -0.336. The van der Waals surface area contributed by atoms with Gasteiger partial charge < -0.3 is 14.7 Å². The van der Waals surface area contributed by atoms with E-state index in [9.17, 15) is 9.59 Å². The molecule has 8 heteroatoms. The number of rotatable bonds is 5. The molecule has 0 spiro atoms. The van der Waals surface area contributed by atoms with Crippen LogP contribution in [0.2, 0.25) is 0 Å². The van der Waals surface area contributed by atoms with Crippen molar-refractivity contribution >= 4 is 34.1 Å². The highest BCUT2D eigenvalue weighted by Gasteiger charge is 2.17. The highest BCUT2D eigenvalue weighted by atomic mass is 32.1. The summed E-state index contributed by atoms with van der Waals surface area (Å²) in [6.45, 7) is -0.0626. The number of hydrogen-bond donors (Lipinski definition) is 1. The van der Waals surface area contributed by atoms with E-state index in [4.69, 9.17) is 4.52 Å². The van der Waals surface area contributed by atoms with Gasteiger partial charge in [-0.3, -0.25) is 9.59 Å². The number of fused-ring (bicyclic) bond motifs is 1. The number of carbonyl (C=O) groups excluding carboxylic acids is 2. The average molecular weight is 406 g/mol. The van der Waals surface area contributed by atoms with E-state index >= 15 is 0 Å². The fourth-order valence-electron chi connectivity index (χ4n) is 2.78. The SMILES string of the molecule is CN(C)C(=O)CNC(=O)c1ccc2onc(-c3csc(-c4ccccc4)n3)c2c1. The lowest BCUT2D eigenvalue weighted by atomic mass is 10.1. The first-order valence-electron chi connectivity index (χ1n) is 8.92. The highest BCUT2D eigenvalue weighted by Crippen LogP contribution is 2.32. The lowest BCUT2D eigenvalue weighted by Crippen LogP contribution is -2.36. The summed E-state index contributed by atoms with van der Waals surface area (Å²) in [5, 5.41) is 10.3. The first-order valence-corrected chi connectivity index (χ1v) is 9.80. The minimum absolute atomic E-state index is 0.0626. The Labute approximate surface area is 171 Å². The monoisotopic (exact) mass is 406 g/mol. The van der Waals surface area contributed by atoms with E-state index in [2.05, 4.69) is 15.5 Å². The van der Waals surface area contributed by atoms with Crippen molar-refractivity contribution < 1.29 is 14.1 Å². The van der Waals surface area contributed by atoms with Gasteiger partial charge in [-0.05, 0) is 18.2 Å². The number of aromatic nitrogens is 2.